The Bertz CT molecular complexity index is 89.0. The fourth-order valence-electron chi connectivity index (χ4n) is 1.53. The van der Waals surface area contributed by atoms with E-state index >= 15 is 0 Å². The Labute approximate surface area is 80.3 Å². The third kappa shape index (κ3) is 8.53. The number of hydrogen-bond acceptors (Lipinski definition) is 0. The lowest BCUT2D eigenvalue weighted by atomic mass is 10.1. The van der Waals surface area contributed by atoms with Crippen LogP contribution in [0.2, 0.25) is 0 Å². The molecule has 2 atom stereocenters. The normalized spacial score (nSPS) is 14.8. The zero-order chi connectivity index (χ0) is 9.40. The van der Waals surface area contributed by atoms with Crippen LogP contribution < -0.4 is 0 Å². The highest BCUT2D eigenvalue weighted by molar-refractivity contribution is 7.39. The molecule has 0 aliphatic rings. The van der Waals surface area contributed by atoms with Crippen molar-refractivity contribution in [2.45, 2.75) is 71.1 Å². The summed E-state index contributed by atoms with van der Waals surface area (Å²) in [4.78, 5) is 0. The highest BCUT2D eigenvalue weighted by atomic mass is 31.1. The molecule has 0 radical (unpaired) electrons. The molecule has 0 bridgehead atoms. The van der Waals surface area contributed by atoms with Crippen LogP contribution in [0.15, 0.2) is 0 Å². The summed E-state index contributed by atoms with van der Waals surface area (Å²) in [6.45, 7) is 9.35. The molecule has 0 amide bonds. The van der Waals surface area contributed by atoms with Gasteiger partial charge in [-0.05, 0) is 17.7 Å². The SMILES string of the molecule is CCCCCCC(C)PC(C)C. The van der Waals surface area contributed by atoms with Crippen LogP contribution in [-0.4, -0.2) is 11.3 Å². The first-order chi connectivity index (χ1) is 5.66. The van der Waals surface area contributed by atoms with E-state index in [9.17, 15) is 0 Å². The topological polar surface area (TPSA) is 0 Å². The molecular weight excluding hydrogens is 163 g/mol. The van der Waals surface area contributed by atoms with Crippen molar-refractivity contribution in [1.29, 1.82) is 0 Å². The minimum absolute atomic E-state index is 0.908. The van der Waals surface area contributed by atoms with Gasteiger partial charge in [0.05, 0.1) is 0 Å². The quantitative estimate of drug-likeness (QED) is 0.409. The molecule has 0 saturated heterocycles. The molecule has 0 aliphatic heterocycles. The smallest absolute Gasteiger partial charge is 0.0263 e. The minimum atomic E-state index is 0.908. The van der Waals surface area contributed by atoms with Crippen LogP contribution in [0.1, 0.15) is 59.8 Å². The maximum absolute atomic E-state index is 2.41. The Morgan fingerprint density at radius 2 is 1.67 bits per heavy atom. The Morgan fingerprint density at radius 1 is 1.00 bits per heavy atom. The van der Waals surface area contributed by atoms with Gasteiger partial charge in [-0.15, -0.1) is 8.58 Å². The van der Waals surface area contributed by atoms with Crippen molar-refractivity contribution in [3.05, 3.63) is 0 Å². The molecule has 0 aliphatic carbocycles. The van der Waals surface area contributed by atoms with Crippen molar-refractivity contribution in [3.63, 3.8) is 0 Å². The summed E-state index contributed by atoms with van der Waals surface area (Å²) in [6.07, 6.45) is 7.15. The molecule has 1 heteroatoms. The van der Waals surface area contributed by atoms with Gasteiger partial charge in [0.2, 0.25) is 0 Å². The molecule has 0 fully saturated rings. The first-order valence-corrected chi connectivity index (χ1v) is 6.58. The fourth-order valence-corrected chi connectivity index (χ4v) is 3.04. The maximum Gasteiger partial charge on any atom is -0.0263 e. The molecule has 0 heterocycles. The fraction of sp³-hybridized carbons (Fsp3) is 1.00. The van der Waals surface area contributed by atoms with Crippen LogP contribution in [0, 0.1) is 0 Å². The molecular formula is C11H25P. The third-order valence-corrected chi connectivity index (χ3v) is 3.63. The van der Waals surface area contributed by atoms with Crippen LogP contribution in [0.3, 0.4) is 0 Å². The standard InChI is InChI=1S/C11H25P/c1-5-6-7-8-9-11(4)12-10(2)3/h10-12H,5-9H2,1-4H3. The van der Waals surface area contributed by atoms with E-state index in [-0.39, 0.29) is 0 Å². The van der Waals surface area contributed by atoms with Crippen LogP contribution in [-0.2, 0) is 0 Å². The van der Waals surface area contributed by atoms with E-state index < -0.39 is 0 Å². The zero-order valence-corrected chi connectivity index (χ0v) is 10.2. The van der Waals surface area contributed by atoms with Gasteiger partial charge in [0, 0.05) is 0 Å². The summed E-state index contributed by atoms with van der Waals surface area (Å²) >= 11 is 0. The second kappa shape index (κ2) is 8.05. The van der Waals surface area contributed by atoms with Gasteiger partial charge in [-0.2, -0.15) is 0 Å². The van der Waals surface area contributed by atoms with Gasteiger partial charge in [-0.3, -0.25) is 0 Å². The van der Waals surface area contributed by atoms with E-state index in [0.29, 0.717) is 0 Å². The molecule has 0 N–H and O–H groups in total. The summed E-state index contributed by atoms with van der Waals surface area (Å²) < 4.78 is 0. The highest BCUT2D eigenvalue weighted by Gasteiger charge is 2.03. The van der Waals surface area contributed by atoms with E-state index in [1.807, 2.05) is 0 Å². The molecule has 2 unspecified atom stereocenters. The lowest BCUT2D eigenvalue weighted by Gasteiger charge is -2.13. The van der Waals surface area contributed by atoms with Gasteiger partial charge in [-0.1, -0.05) is 53.4 Å². The first kappa shape index (κ1) is 12.4. The van der Waals surface area contributed by atoms with E-state index in [1.54, 1.807) is 0 Å². The van der Waals surface area contributed by atoms with Crippen molar-refractivity contribution in [1.82, 2.24) is 0 Å². The Hall–Kier alpha value is 0.430. The molecule has 0 aromatic carbocycles. The van der Waals surface area contributed by atoms with Crippen molar-refractivity contribution >= 4 is 8.58 Å². The second-order valence-corrected chi connectivity index (χ2v) is 6.55. The van der Waals surface area contributed by atoms with Crippen molar-refractivity contribution in [3.8, 4) is 0 Å². The van der Waals surface area contributed by atoms with E-state index in [0.717, 1.165) is 11.3 Å². The lowest BCUT2D eigenvalue weighted by Crippen LogP contribution is -1.98. The number of hydrogen-bond donors (Lipinski definition) is 0. The van der Waals surface area contributed by atoms with Crippen LogP contribution in [0.25, 0.3) is 0 Å². The highest BCUT2D eigenvalue weighted by Crippen LogP contribution is 2.28. The summed E-state index contributed by atoms with van der Waals surface area (Å²) in [6, 6.07) is 0. The van der Waals surface area contributed by atoms with Crippen molar-refractivity contribution in [2.24, 2.45) is 0 Å². The van der Waals surface area contributed by atoms with E-state index in [2.05, 4.69) is 27.7 Å². The molecule has 0 nitrogen and oxygen atoms in total. The lowest BCUT2D eigenvalue weighted by molar-refractivity contribution is 0.628. The third-order valence-electron chi connectivity index (χ3n) is 2.11. The Balaban J connectivity index is 3.14. The van der Waals surface area contributed by atoms with E-state index in [1.165, 1.54) is 40.7 Å². The zero-order valence-electron chi connectivity index (χ0n) is 9.19. The summed E-state index contributed by atoms with van der Waals surface area (Å²) in [5, 5.41) is 0. The summed E-state index contributed by atoms with van der Waals surface area (Å²) in [5.41, 5.74) is 1.88. The van der Waals surface area contributed by atoms with Gasteiger partial charge >= 0.3 is 0 Å². The largest absolute Gasteiger partial charge is 0.117 e. The van der Waals surface area contributed by atoms with Gasteiger partial charge < -0.3 is 0 Å². The monoisotopic (exact) mass is 188 g/mol. The van der Waals surface area contributed by atoms with Crippen LogP contribution >= 0.6 is 8.58 Å². The van der Waals surface area contributed by atoms with Gasteiger partial charge in [-0.25, -0.2) is 0 Å². The maximum atomic E-state index is 2.41. The van der Waals surface area contributed by atoms with Gasteiger partial charge in [0.1, 0.15) is 0 Å². The molecule has 12 heavy (non-hydrogen) atoms. The molecule has 0 saturated carbocycles. The van der Waals surface area contributed by atoms with Crippen molar-refractivity contribution in [2.75, 3.05) is 0 Å². The summed E-state index contributed by atoms with van der Waals surface area (Å²) in [5.74, 6) is 0. The summed E-state index contributed by atoms with van der Waals surface area (Å²) in [7, 11) is 1.17. The molecule has 0 aromatic rings. The predicted octanol–water partition coefficient (Wildman–Crippen LogP) is 4.43. The van der Waals surface area contributed by atoms with Gasteiger partial charge in [0.15, 0.2) is 0 Å². The predicted molar refractivity (Wildman–Crippen MR) is 61.7 cm³/mol. The average Bonchev–Trinajstić information content (AvgIpc) is 1.97. The molecule has 74 valence electrons. The van der Waals surface area contributed by atoms with Crippen LogP contribution in [0.4, 0.5) is 0 Å². The van der Waals surface area contributed by atoms with Crippen LogP contribution in [0.5, 0.6) is 0 Å². The molecule has 0 rings (SSSR count). The molecule has 0 spiro atoms. The van der Waals surface area contributed by atoms with Gasteiger partial charge in [0.25, 0.3) is 0 Å². The minimum Gasteiger partial charge on any atom is -0.117 e. The first-order valence-electron chi connectivity index (χ1n) is 5.42. The van der Waals surface area contributed by atoms with Crippen molar-refractivity contribution < 1.29 is 0 Å². The number of rotatable bonds is 7. The second-order valence-electron chi connectivity index (χ2n) is 4.07. The average molecular weight is 188 g/mol. The number of unbranched alkanes of at least 4 members (excludes halogenated alkanes) is 3. The molecule has 0 aromatic heterocycles. The Kier molecular flexibility index (Phi) is 8.34. The Morgan fingerprint density at radius 3 is 2.17 bits per heavy atom. The van der Waals surface area contributed by atoms with E-state index in [4.69, 9.17) is 0 Å².